The van der Waals surface area contributed by atoms with Crippen molar-refractivity contribution < 1.29 is 4.79 Å². The molecule has 2 N–H and O–H groups in total. The maximum absolute atomic E-state index is 12.4. The number of nitrogens with zero attached hydrogens (tertiary/aromatic N) is 1. The third-order valence-electron chi connectivity index (χ3n) is 3.50. The molecule has 0 unspecified atom stereocenters. The molecule has 0 radical (unpaired) electrons. The maximum atomic E-state index is 12.4. The highest BCUT2D eigenvalue weighted by atomic mass is 16.2. The molecule has 3 rings (SSSR count). The van der Waals surface area contributed by atoms with E-state index < -0.39 is 0 Å². The summed E-state index contributed by atoms with van der Waals surface area (Å²) in [5.41, 5.74) is 3.21. The zero-order chi connectivity index (χ0) is 11.7. The summed E-state index contributed by atoms with van der Waals surface area (Å²) in [7, 11) is 0. The number of benzene rings is 1. The van der Waals surface area contributed by atoms with Crippen molar-refractivity contribution in [3.63, 3.8) is 0 Å². The number of piperazine rings is 1. The van der Waals surface area contributed by atoms with Crippen LogP contribution in [0.2, 0.25) is 0 Å². The van der Waals surface area contributed by atoms with E-state index in [2.05, 4.69) is 16.7 Å². The average molecular weight is 231 g/mol. The predicted octanol–water partition coefficient (Wildman–Crippen LogP) is 0.700. The predicted molar refractivity (Wildman–Crippen MR) is 67.4 cm³/mol. The lowest BCUT2D eigenvalue weighted by atomic mass is 10.0. The number of fused-ring (bicyclic) bond motifs is 1. The number of hydrogen-bond acceptors (Lipinski definition) is 3. The van der Waals surface area contributed by atoms with Gasteiger partial charge in [-0.1, -0.05) is 6.07 Å². The molecule has 2 aliphatic heterocycles. The first kappa shape index (κ1) is 10.6. The van der Waals surface area contributed by atoms with E-state index >= 15 is 0 Å². The summed E-state index contributed by atoms with van der Waals surface area (Å²) in [6.45, 7) is 4.38. The number of hydrogen-bond donors (Lipinski definition) is 2. The van der Waals surface area contributed by atoms with Gasteiger partial charge in [-0.25, -0.2) is 0 Å². The quantitative estimate of drug-likeness (QED) is 0.748. The van der Waals surface area contributed by atoms with Crippen molar-refractivity contribution in [2.75, 3.05) is 38.0 Å². The summed E-state index contributed by atoms with van der Waals surface area (Å²) in [5.74, 6) is 0.187. The Hall–Kier alpha value is -1.55. The second kappa shape index (κ2) is 4.37. The molecule has 0 spiro atoms. The topological polar surface area (TPSA) is 44.4 Å². The van der Waals surface area contributed by atoms with Gasteiger partial charge in [-0.15, -0.1) is 0 Å². The van der Waals surface area contributed by atoms with Crippen LogP contribution in [0.5, 0.6) is 0 Å². The highest BCUT2D eigenvalue weighted by molar-refractivity contribution is 5.97. The molecule has 4 heteroatoms. The van der Waals surface area contributed by atoms with E-state index in [0.717, 1.165) is 50.4 Å². The van der Waals surface area contributed by atoms with Crippen molar-refractivity contribution in [1.82, 2.24) is 10.2 Å². The van der Waals surface area contributed by atoms with Gasteiger partial charge in [-0.2, -0.15) is 0 Å². The van der Waals surface area contributed by atoms with Crippen LogP contribution in [0, 0.1) is 0 Å². The van der Waals surface area contributed by atoms with Gasteiger partial charge >= 0.3 is 0 Å². The first-order chi connectivity index (χ1) is 8.36. The summed E-state index contributed by atoms with van der Waals surface area (Å²) in [4.78, 5) is 14.4. The van der Waals surface area contributed by atoms with Crippen LogP contribution >= 0.6 is 0 Å². The fourth-order valence-electron chi connectivity index (χ4n) is 2.58. The van der Waals surface area contributed by atoms with Crippen molar-refractivity contribution in [1.29, 1.82) is 0 Å². The summed E-state index contributed by atoms with van der Waals surface area (Å²) in [6, 6.07) is 5.97. The van der Waals surface area contributed by atoms with Crippen LogP contribution in [-0.4, -0.2) is 43.5 Å². The zero-order valence-electron chi connectivity index (χ0n) is 9.83. The van der Waals surface area contributed by atoms with Crippen LogP contribution in [-0.2, 0) is 6.42 Å². The van der Waals surface area contributed by atoms with Crippen LogP contribution in [0.3, 0.4) is 0 Å². The summed E-state index contributed by atoms with van der Waals surface area (Å²) in [5, 5.41) is 6.58. The number of nitrogens with one attached hydrogen (secondary N) is 2. The van der Waals surface area contributed by atoms with Gasteiger partial charge in [-0.3, -0.25) is 4.79 Å². The Balaban J connectivity index is 1.88. The molecule has 1 aromatic rings. The Kier molecular flexibility index (Phi) is 2.73. The molecule has 2 aliphatic rings. The lowest BCUT2D eigenvalue weighted by molar-refractivity contribution is 0.0735. The standard InChI is InChI=1S/C13H17N3O/c17-13(16-8-6-14-7-9-16)11-2-1-3-12-10(11)4-5-15-12/h1-3,14-15H,4-9H2. The van der Waals surface area contributed by atoms with Gasteiger partial charge < -0.3 is 15.5 Å². The number of anilines is 1. The van der Waals surface area contributed by atoms with Crippen molar-refractivity contribution in [3.05, 3.63) is 29.3 Å². The fourth-order valence-corrected chi connectivity index (χ4v) is 2.58. The molecule has 0 aromatic heterocycles. The van der Waals surface area contributed by atoms with Crippen LogP contribution in [0.1, 0.15) is 15.9 Å². The van der Waals surface area contributed by atoms with Crippen LogP contribution in [0.25, 0.3) is 0 Å². The van der Waals surface area contributed by atoms with Crippen molar-refractivity contribution in [2.45, 2.75) is 6.42 Å². The van der Waals surface area contributed by atoms with Crippen molar-refractivity contribution >= 4 is 11.6 Å². The van der Waals surface area contributed by atoms with E-state index in [1.54, 1.807) is 0 Å². The molecule has 1 fully saturated rings. The SMILES string of the molecule is O=C(c1cccc2c1CCN2)N1CCNCC1. The van der Waals surface area contributed by atoms with Crippen LogP contribution in [0.15, 0.2) is 18.2 Å². The second-order valence-corrected chi connectivity index (χ2v) is 4.55. The highest BCUT2D eigenvalue weighted by Gasteiger charge is 2.23. The lowest BCUT2D eigenvalue weighted by Gasteiger charge is -2.28. The zero-order valence-corrected chi connectivity index (χ0v) is 9.83. The van der Waals surface area contributed by atoms with Crippen molar-refractivity contribution in [2.24, 2.45) is 0 Å². The molecule has 0 aliphatic carbocycles. The van der Waals surface area contributed by atoms with Gasteiger partial charge in [0.1, 0.15) is 0 Å². The van der Waals surface area contributed by atoms with E-state index in [4.69, 9.17) is 0 Å². The first-order valence-electron chi connectivity index (χ1n) is 6.22. The van der Waals surface area contributed by atoms with Crippen LogP contribution in [0.4, 0.5) is 5.69 Å². The van der Waals surface area contributed by atoms with E-state index in [1.165, 1.54) is 5.56 Å². The molecule has 4 nitrogen and oxygen atoms in total. The Labute approximate surface area is 101 Å². The second-order valence-electron chi connectivity index (χ2n) is 4.55. The molecular weight excluding hydrogens is 214 g/mol. The minimum Gasteiger partial charge on any atom is -0.384 e. The summed E-state index contributed by atoms with van der Waals surface area (Å²) >= 11 is 0. The van der Waals surface area contributed by atoms with Gasteiger partial charge in [0.25, 0.3) is 5.91 Å². The van der Waals surface area contributed by atoms with Gasteiger partial charge in [0.2, 0.25) is 0 Å². The van der Waals surface area contributed by atoms with E-state index in [-0.39, 0.29) is 5.91 Å². The van der Waals surface area contributed by atoms with E-state index in [0.29, 0.717) is 0 Å². The van der Waals surface area contributed by atoms with Gasteiger partial charge in [0, 0.05) is 44.0 Å². The van der Waals surface area contributed by atoms with Gasteiger partial charge in [-0.05, 0) is 24.1 Å². The molecular formula is C13H17N3O. The Morgan fingerprint density at radius 2 is 2.00 bits per heavy atom. The molecule has 1 aromatic carbocycles. The Bertz CT molecular complexity index is 438. The molecule has 2 heterocycles. The molecule has 0 bridgehead atoms. The minimum absolute atomic E-state index is 0.187. The smallest absolute Gasteiger partial charge is 0.254 e. The first-order valence-corrected chi connectivity index (χ1v) is 6.22. The molecule has 0 saturated carbocycles. The monoisotopic (exact) mass is 231 g/mol. The highest BCUT2D eigenvalue weighted by Crippen LogP contribution is 2.26. The molecule has 1 saturated heterocycles. The number of carbonyl (C=O) groups excluding carboxylic acids is 1. The van der Waals surface area contributed by atoms with Gasteiger partial charge in [0.05, 0.1) is 0 Å². The third kappa shape index (κ3) is 1.89. The lowest BCUT2D eigenvalue weighted by Crippen LogP contribution is -2.46. The Morgan fingerprint density at radius 1 is 1.18 bits per heavy atom. The molecule has 0 atom stereocenters. The van der Waals surface area contributed by atoms with Gasteiger partial charge in [0.15, 0.2) is 0 Å². The summed E-state index contributed by atoms with van der Waals surface area (Å²) < 4.78 is 0. The third-order valence-corrected chi connectivity index (χ3v) is 3.50. The minimum atomic E-state index is 0.187. The fraction of sp³-hybridized carbons (Fsp3) is 0.462. The number of amides is 1. The van der Waals surface area contributed by atoms with Crippen LogP contribution < -0.4 is 10.6 Å². The number of rotatable bonds is 1. The average Bonchev–Trinajstić information content (AvgIpc) is 2.87. The maximum Gasteiger partial charge on any atom is 0.254 e. The van der Waals surface area contributed by atoms with E-state index in [1.807, 2.05) is 17.0 Å². The molecule has 17 heavy (non-hydrogen) atoms. The van der Waals surface area contributed by atoms with Crippen molar-refractivity contribution in [3.8, 4) is 0 Å². The largest absolute Gasteiger partial charge is 0.384 e. The molecule has 1 amide bonds. The normalized spacial score (nSPS) is 18.7. The number of carbonyl (C=O) groups is 1. The Morgan fingerprint density at radius 3 is 2.82 bits per heavy atom. The molecule has 90 valence electrons. The summed E-state index contributed by atoms with van der Waals surface area (Å²) in [6.07, 6.45) is 0.962. The van der Waals surface area contributed by atoms with E-state index in [9.17, 15) is 4.79 Å².